The van der Waals surface area contributed by atoms with Crippen LogP contribution in [-0.2, 0) is 11.2 Å². The summed E-state index contributed by atoms with van der Waals surface area (Å²) in [5, 5.41) is 16.0. The molecule has 1 amide bonds. The molecule has 1 unspecified atom stereocenters. The molecule has 1 atom stereocenters. The van der Waals surface area contributed by atoms with Gasteiger partial charge in [0.15, 0.2) is 5.60 Å². The van der Waals surface area contributed by atoms with Gasteiger partial charge >= 0.3 is 0 Å². The molecule has 5 nitrogen and oxygen atoms in total. The first-order valence-corrected chi connectivity index (χ1v) is 14.4. The number of aryl methyl sites for hydroxylation is 1. The number of thiophene rings is 1. The molecule has 5 aromatic rings. The Balaban J connectivity index is 1.50. The van der Waals surface area contributed by atoms with E-state index in [1.54, 1.807) is 67.8 Å². The molecule has 40 heavy (non-hydrogen) atoms. The first kappa shape index (κ1) is 28.0. The van der Waals surface area contributed by atoms with Crippen molar-refractivity contribution in [2.45, 2.75) is 38.8 Å². The lowest BCUT2D eigenvalue weighted by Crippen LogP contribution is -2.48. The summed E-state index contributed by atoms with van der Waals surface area (Å²) in [6, 6.07) is 24.0. The van der Waals surface area contributed by atoms with Gasteiger partial charge in [0, 0.05) is 38.3 Å². The van der Waals surface area contributed by atoms with Crippen LogP contribution in [0.3, 0.4) is 0 Å². The summed E-state index contributed by atoms with van der Waals surface area (Å²) in [5.74, 6) is 0.261. The highest BCUT2D eigenvalue weighted by molar-refractivity contribution is 7.15. The number of amides is 1. The van der Waals surface area contributed by atoms with Gasteiger partial charge in [-0.05, 0) is 92.6 Å². The van der Waals surface area contributed by atoms with Gasteiger partial charge < -0.3 is 15.2 Å². The number of nitrogens with one attached hydrogen (secondary N) is 1. The topological polar surface area (TPSA) is 71.5 Å². The Morgan fingerprint density at radius 3 is 2.55 bits per heavy atom. The lowest BCUT2D eigenvalue weighted by Gasteiger charge is -2.29. The number of aromatic hydroxyl groups is 1. The molecular weight excluding hydrogens is 563 g/mol. The highest BCUT2D eigenvalue weighted by Crippen LogP contribution is 2.36. The molecule has 0 saturated carbocycles. The minimum absolute atomic E-state index is 0.0426. The molecule has 8 heteroatoms. The lowest BCUT2D eigenvalue weighted by molar-refractivity contribution is -0.135. The molecular formula is C32H28Cl2N2O3S. The molecule has 0 radical (unpaired) electrons. The number of fused-ring (bicyclic) bond motifs is 1. The molecule has 0 aliphatic heterocycles. The highest BCUT2D eigenvalue weighted by Gasteiger charge is 2.32. The second-order valence-corrected chi connectivity index (χ2v) is 12.2. The van der Waals surface area contributed by atoms with E-state index in [1.165, 1.54) is 4.88 Å². The highest BCUT2D eigenvalue weighted by atomic mass is 35.5. The Hall–Kier alpha value is -3.58. The Morgan fingerprint density at radius 2 is 1.82 bits per heavy atom. The van der Waals surface area contributed by atoms with E-state index in [0.717, 1.165) is 16.0 Å². The van der Waals surface area contributed by atoms with Gasteiger partial charge in [-0.3, -0.25) is 9.78 Å². The standard InChI is InChI=1S/C32H28Cl2N2O3S/c1-19-9-14-28(40-19)21-7-4-6-20(16-21)27(18-22-17-26(34)25-8-5-15-35-29(25)30(22)37)36-31(38)32(2,3)39-24-12-10-23(33)11-13-24/h4-17,27,37H,18H2,1-3H3,(H,36,38). The minimum Gasteiger partial charge on any atom is -0.505 e. The summed E-state index contributed by atoms with van der Waals surface area (Å²) in [4.78, 5) is 20.4. The van der Waals surface area contributed by atoms with E-state index in [2.05, 4.69) is 41.5 Å². The van der Waals surface area contributed by atoms with Crippen molar-refractivity contribution in [3.05, 3.63) is 111 Å². The van der Waals surface area contributed by atoms with Gasteiger partial charge in [0.2, 0.25) is 0 Å². The SMILES string of the molecule is Cc1ccc(-c2cccc(C(Cc3cc(Cl)c4cccnc4c3O)NC(=O)C(C)(C)Oc3ccc(Cl)cc3)c2)s1. The van der Waals surface area contributed by atoms with Crippen LogP contribution < -0.4 is 10.1 Å². The fourth-order valence-electron chi connectivity index (χ4n) is 4.54. The number of halogens is 2. The van der Waals surface area contributed by atoms with Crippen LogP contribution in [0.5, 0.6) is 11.5 Å². The van der Waals surface area contributed by atoms with Crippen LogP contribution in [0.15, 0.2) is 85.1 Å². The van der Waals surface area contributed by atoms with Crippen molar-refractivity contribution in [3.63, 3.8) is 0 Å². The van der Waals surface area contributed by atoms with Crippen LogP contribution in [-0.4, -0.2) is 21.6 Å². The molecule has 0 saturated heterocycles. The zero-order valence-electron chi connectivity index (χ0n) is 22.2. The van der Waals surface area contributed by atoms with Gasteiger partial charge in [-0.15, -0.1) is 11.3 Å². The normalized spacial score (nSPS) is 12.3. The first-order chi connectivity index (χ1) is 19.1. The van der Waals surface area contributed by atoms with Gasteiger partial charge in [-0.25, -0.2) is 0 Å². The number of benzene rings is 3. The van der Waals surface area contributed by atoms with Crippen LogP contribution in [0.4, 0.5) is 0 Å². The summed E-state index contributed by atoms with van der Waals surface area (Å²) >= 11 is 14.3. The van der Waals surface area contributed by atoms with Crippen molar-refractivity contribution in [3.8, 4) is 21.9 Å². The first-order valence-electron chi connectivity index (χ1n) is 12.8. The van der Waals surface area contributed by atoms with Gasteiger partial charge in [-0.2, -0.15) is 0 Å². The number of carbonyl (C=O) groups is 1. The number of ether oxygens (including phenoxy) is 1. The number of hydrogen-bond acceptors (Lipinski definition) is 5. The predicted octanol–water partition coefficient (Wildman–Crippen LogP) is 8.54. The van der Waals surface area contributed by atoms with Gasteiger partial charge in [0.25, 0.3) is 5.91 Å². The molecule has 0 fully saturated rings. The fourth-order valence-corrected chi connectivity index (χ4v) is 5.81. The third-order valence-electron chi connectivity index (χ3n) is 6.67. The molecule has 2 N–H and O–H groups in total. The maximum Gasteiger partial charge on any atom is 0.264 e. The molecule has 0 aliphatic rings. The van der Waals surface area contributed by atoms with Crippen LogP contribution in [0.1, 0.15) is 35.9 Å². The van der Waals surface area contributed by atoms with Crippen molar-refractivity contribution < 1.29 is 14.6 Å². The number of aromatic nitrogens is 1. The fraction of sp³-hybridized carbons (Fsp3) is 0.188. The van der Waals surface area contributed by atoms with E-state index in [9.17, 15) is 9.90 Å². The Labute approximate surface area is 247 Å². The van der Waals surface area contributed by atoms with E-state index >= 15 is 0 Å². The van der Waals surface area contributed by atoms with E-state index in [4.69, 9.17) is 27.9 Å². The van der Waals surface area contributed by atoms with Crippen molar-refractivity contribution in [1.82, 2.24) is 10.3 Å². The number of pyridine rings is 1. The molecule has 2 heterocycles. The van der Waals surface area contributed by atoms with Crippen LogP contribution >= 0.6 is 34.5 Å². The largest absolute Gasteiger partial charge is 0.505 e. The Kier molecular flexibility index (Phi) is 8.04. The summed E-state index contributed by atoms with van der Waals surface area (Å²) in [6.07, 6.45) is 1.90. The number of phenolic OH excluding ortho intramolecular Hbond substituents is 1. The number of rotatable bonds is 8. The Bertz CT molecular complexity index is 1680. The summed E-state index contributed by atoms with van der Waals surface area (Å²) in [7, 11) is 0. The van der Waals surface area contributed by atoms with Crippen molar-refractivity contribution in [2.24, 2.45) is 0 Å². The molecule has 2 aromatic heterocycles. The quantitative estimate of drug-likeness (QED) is 0.190. The van der Waals surface area contributed by atoms with Crippen LogP contribution in [0.25, 0.3) is 21.3 Å². The molecule has 0 bridgehead atoms. The Morgan fingerprint density at radius 1 is 1.05 bits per heavy atom. The van der Waals surface area contributed by atoms with Crippen molar-refractivity contribution >= 4 is 51.3 Å². The zero-order valence-corrected chi connectivity index (χ0v) is 24.6. The zero-order chi connectivity index (χ0) is 28.4. The number of phenols is 1. The molecule has 5 rings (SSSR count). The van der Waals surface area contributed by atoms with Crippen molar-refractivity contribution in [1.29, 1.82) is 0 Å². The van der Waals surface area contributed by atoms with E-state index in [0.29, 0.717) is 32.3 Å². The van der Waals surface area contributed by atoms with Crippen molar-refractivity contribution in [2.75, 3.05) is 0 Å². The smallest absolute Gasteiger partial charge is 0.264 e. The molecule has 3 aromatic carbocycles. The second-order valence-electron chi connectivity index (χ2n) is 10.1. The molecule has 0 spiro atoms. The maximum absolute atomic E-state index is 13.7. The van der Waals surface area contributed by atoms with Gasteiger partial charge in [-0.1, -0.05) is 41.4 Å². The van der Waals surface area contributed by atoms with E-state index in [1.807, 2.05) is 18.2 Å². The third kappa shape index (κ3) is 6.09. The predicted molar refractivity (Wildman–Crippen MR) is 164 cm³/mol. The molecule has 0 aliphatic carbocycles. The van der Waals surface area contributed by atoms with E-state index in [-0.39, 0.29) is 18.1 Å². The van der Waals surface area contributed by atoms with Crippen LogP contribution in [0.2, 0.25) is 10.0 Å². The third-order valence-corrected chi connectivity index (χ3v) is 8.29. The van der Waals surface area contributed by atoms with E-state index < -0.39 is 11.6 Å². The maximum atomic E-state index is 13.7. The second kappa shape index (κ2) is 11.5. The summed E-state index contributed by atoms with van der Waals surface area (Å²) in [5.41, 5.74) is 1.74. The van der Waals surface area contributed by atoms with Gasteiger partial charge in [0.05, 0.1) is 11.1 Å². The monoisotopic (exact) mass is 590 g/mol. The average Bonchev–Trinajstić information content (AvgIpc) is 3.38. The number of nitrogens with zero attached hydrogens (tertiary/aromatic N) is 1. The summed E-state index contributed by atoms with van der Waals surface area (Å²) < 4.78 is 6.05. The van der Waals surface area contributed by atoms with Gasteiger partial charge in [0.1, 0.15) is 17.0 Å². The number of carbonyl (C=O) groups excluding carboxylic acids is 1. The summed E-state index contributed by atoms with van der Waals surface area (Å²) in [6.45, 7) is 5.50. The van der Waals surface area contributed by atoms with Crippen LogP contribution in [0, 0.1) is 6.92 Å². The lowest BCUT2D eigenvalue weighted by atomic mass is 9.94. The average molecular weight is 592 g/mol. The molecule has 204 valence electrons. The number of hydrogen-bond donors (Lipinski definition) is 2. The minimum atomic E-state index is -1.20.